The molecule has 1 heterocycles. The number of ether oxygens (including phenoxy) is 1. The molecule has 2 rings (SSSR count). The summed E-state index contributed by atoms with van der Waals surface area (Å²) in [7, 11) is 0. The average Bonchev–Trinajstić information content (AvgIpc) is 2.91. The number of nitrogen functional groups attached to an aromatic ring is 1. The van der Waals surface area contributed by atoms with Crippen molar-refractivity contribution in [3.63, 3.8) is 0 Å². The van der Waals surface area contributed by atoms with E-state index in [1.807, 2.05) is 18.2 Å². The predicted octanol–water partition coefficient (Wildman–Crippen LogP) is 2.65. The highest BCUT2D eigenvalue weighted by molar-refractivity contribution is 5.66. The Balaban J connectivity index is 1.83. The topological polar surface area (TPSA) is 74.2 Å². The van der Waals surface area contributed by atoms with Crippen molar-refractivity contribution in [1.82, 2.24) is 10.1 Å². The van der Waals surface area contributed by atoms with Gasteiger partial charge >= 0.3 is 0 Å². The first-order chi connectivity index (χ1) is 10.1. The highest BCUT2D eigenvalue weighted by atomic mass is 19.3. The maximum atomic E-state index is 11.9. The van der Waals surface area contributed by atoms with Crippen molar-refractivity contribution >= 4 is 17.8 Å². The first-order valence-electron chi connectivity index (χ1n) is 6.35. The summed E-state index contributed by atoms with van der Waals surface area (Å²) in [5, 5.41) is 3.73. The first kappa shape index (κ1) is 15.1. The molecule has 112 valence electrons. The second-order valence-electron chi connectivity index (χ2n) is 4.26. The Hall–Kier alpha value is -2.28. The molecule has 0 amide bonds. The van der Waals surface area contributed by atoms with Crippen LogP contribution in [0.3, 0.4) is 0 Å². The lowest BCUT2D eigenvalue weighted by Crippen LogP contribution is -2.07. The van der Waals surface area contributed by atoms with Crippen molar-refractivity contribution in [2.24, 2.45) is 0 Å². The zero-order chi connectivity index (χ0) is 15.1. The van der Waals surface area contributed by atoms with Crippen molar-refractivity contribution in [3.05, 3.63) is 41.5 Å². The smallest absolute Gasteiger partial charge is 0.261 e. The lowest BCUT2D eigenvalue weighted by Gasteiger charge is -1.99. The number of rotatable bonds is 7. The van der Waals surface area contributed by atoms with Crippen LogP contribution in [0.1, 0.15) is 17.3 Å². The SMILES string of the molecule is Nc1ccc(/C=C/c2nc(CCOCC(F)F)no2)cc1. The van der Waals surface area contributed by atoms with Gasteiger partial charge in [-0.05, 0) is 23.8 Å². The van der Waals surface area contributed by atoms with Gasteiger partial charge in [-0.1, -0.05) is 17.3 Å². The molecule has 0 aliphatic carbocycles. The quantitative estimate of drug-likeness (QED) is 0.628. The summed E-state index contributed by atoms with van der Waals surface area (Å²) in [6.07, 6.45) is 1.34. The van der Waals surface area contributed by atoms with Crippen LogP contribution < -0.4 is 5.73 Å². The van der Waals surface area contributed by atoms with Gasteiger partial charge < -0.3 is 15.0 Å². The van der Waals surface area contributed by atoms with E-state index in [0.29, 0.717) is 23.8 Å². The Morgan fingerprint density at radius 2 is 2.00 bits per heavy atom. The summed E-state index contributed by atoms with van der Waals surface area (Å²) in [5.74, 6) is 0.761. The molecule has 0 aliphatic heterocycles. The summed E-state index contributed by atoms with van der Waals surface area (Å²) in [6, 6.07) is 7.31. The number of benzene rings is 1. The average molecular weight is 295 g/mol. The minimum absolute atomic E-state index is 0.130. The molecule has 0 unspecified atom stereocenters. The molecular formula is C14H15F2N3O2. The van der Waals surface area contributed by atoms with Crippen LogP contribution in [0.25, 0.3) is 12.2 Å². The predicted molar refractivity (Wildman–Crippen MR) is 74.6 cm³/mol. The highest BCUT2D eigenvalue weighted by Crippen LogP contribution is 2.10. The number of nitrogens with zero attached hydrogens (tertiary/aromatic N) is 2. The summed E-state index contributed by atoms with van der Waals surface area (Å²) in [4.78, 5) is 4.10. The fourth-order valence-corrected chi connectivity index (χ4v) is 1.55. The Kier molecular flexibility index (Phi) is 5.39. The maximum Gasteiger partial charge on any atom is 0.261 e. The van der Waals surface area contributed by atoms with E-state index in [1.54, 1.807) is 18.2 Å². The number of halogens is 2. The Labute approximate surface area is 120 Å². The van der Waals surface area contributed by atoms with Gasteiger partial charge in [-0.2, -0.15) is 4.98 Å². The molecule has 21 heavy (non-hydrogen) atoms. The van der Waals surface area contributed by atoms with Gasteiger partial charge in [-0.3, -0.25) is 0 Å². The van der Waals surface area contributed by atoms with Crippen LogP contribution in [0.5, 0.6) is 0 Å². The van der Waals surface area contributed by atoms with E-state index in [-0.39, 0.29) is 6.61 Å². The third-order valence-corrected chi connectivity index (χ3v) is 2.55. The third kappa shape index (κ3) is 5.31. The zero-order valence-electron chi connectivity index (χ0n) is 11.2. The van der Waals surface area contributed by atoms with Gasteiger partial charge in [0.15, 0.2) is 5.82 Å². The molecular weight excluding hydrogens is 280 g/mol. The van der Waals surface area contributed by atoms with E-state index in [1.165, 1.54) is 0 Å². The normalized spacial score (nSPS) is 11.6. The van der Waals surface area contributed by atoms with Crippen molar-refractivity contribution in [3.8, 4) is 0 Å². The summed E-state index contributed by atoms with van der Waals surface area (Å²) >= 11 is 0. The number of hydrogen-bond donors (Lipinski definition) is 1. The van der Waals surface area contributed by atoms with Gasteiger partial charge in [-0.25, -0.2) is 8.78 Å². The fourth-order valence-electron chi connectivity index (χ4n) is 1.55. The van der Waals surface area contributed by atoms with E-state index < -0.39 is 13.0 Å². The van der Waals surface area contributed by atoms with Gasteiger partial charge in [-0.15, -0.1) is 0 Å². The molecule has 2 N–H and O–H groups in total. The molecule has 0 saturated heterocycles. The summed E-state index contributed by atoms with van der Waals surface area (Å²) in [5.41, 5.74) is 7.23. The minimum Gasteiger partial charge on any atom is -0.399 e. The molecule has 0 saturated carbocycles. The Morgan fingerprint density at radius 1 is 1.24 bits per heavy atom. The molecule has 1 aromatic carbocycles. The van der Waals surface area contributed by atoms with Crippen LogP contribution in [0.15, 0.2) is 28.8 Å². The van der Waals surface area contributed by atoms with Gasteiger partial charge in [0.05, 0.1) is 6.61 Å². The molecule has 1 aromatic heterocycles. The summed E-state index contributed by atoms with van der Waals surface area (Å²) in [6.45, 7) is -0.452. The number of nitrogens with two attached hydrogens (primary N) is 1. The van der Waals surface area contributed by atoms with Crippen molar-refractivity contribution < 1.29 is 18.0 Å². The molecule has 2 aromatic rings. The third-order valence-electron chi connectivity index (χ3n) is 2.55. The van der Waals surface area contributed by atoms with Crippen molar-refractivity contribution in [2.75, 3.05) is 18.9 Å². The molecule has 0 spiro atoms. The van der Waals surface area contributed by atoms with Crippen molar-refractivity contribution in [2.45, 2.75) is 12.8 Å². The molecule has 0 atom stereocenters. The van der Waals surface area contributed by atoms with E-state index >= 15 is 0 Å². The molecule has 0 bridgehead atoms. The van der Waals surface area contributed by atoms with Gasteiger partial charge in [0, 0.05) is 18.2 Å². The van der Waals surface area contributed by atoms with Gasteiger partial charge in [0.2, 0.25) is 0 Å². The van der Waals surface area contributed by atoms with E-state index in [0.717, 1.165) is 5.56 Å². The Bertz CT molecular complexity index is 582. The molecule has 0 radical (unpaired) electrons. The van der Waals surface area contributed by atoms with E-state index in [4.69, 9.17) is 15.0 Å². The summed E-state index contributed by atoms with van der Waals surface area (Å²) < 4.78 is 33.5. The number of anilines is 1. The number of alkyl halides is 2. The fraction of sp³-hybridized carbons (Fsp3) is 0.286. The van der Waals surface area contributed by atoms with Crippen LogP contribution >= 0.6 is 0 Å². The maximum absolute atomic E-state index is 11.9. The van der Waals surface area contributed by atoms with Gasteiger partial charge in [0.25, 0.3) is 12.3 Å². The monoisotopic (exact) mass is 295 g/mol. The van der Waals surface area contributed by atoms with Crippen LogP contribution in [0, 0.1) is 0 Å². The Morgan fingerprint density at radius 3 is 2.71 bits per heavy atom. The number of aromatic nitrogens is 2. The standard InChI is InChI=1S/C14H15F2N3O2/c15-12(16)9-20-8-7-13-18-14(21-19-13)6-3-10-1-4-11(17)5-2-10/h1-6,12H,7-9,17H2/b6-3+. The molecule has 0 aliphatic rings. The second kappa shape index (κ2) is 7.49. The molecule has 7 heteroatoms. The van der Waals surface area contributed by atoms with Crippen LogP contribution in [0.4, 0.5) is 14.5 Å². The first-order valence-corrected chi connectivity index (χ1v) is 6.35. The molecule has 0 fully saturated rings. The van der Waals surface area contributed by atoms with Crippen LogP contribution in [-0.2, 0) is 11.2 Å². The second-order valence-corrected chi connectivity index (χ2v) is 4.26. The lowest BCUT2D eigenvalue weighted by molar-refractivity contribution is 0.0182. The molecule has 5 nitrogen and oxygen atoms in total. The number of hydrogen-bond acceptors (Lipinski definition) is 5. The van der Waals surface area contributed by atoms with E-state index in [9.17, 15) is 8.78 Å². The zero-order valence-corrected chi connectivity index (χ0v) is 11.2. The van der Waals surface area contributed by atoms with E-state index in [2.05, 4.69) is 10.1 Å². The van der Waals surface area contributed by atoms with Crippen molar-refractivity contribution in [1.29, 1.82) is 0 Å². The van der Waals surface area contributed by atoms with Crippen LogP contribution in [0.2, 0.25) is 0 Å². The van der Waals surface area contributed by atoms with Crippen LogP contribution in [-0.4, -0.2) is 29.8 Å². The largest absolute Gasteiger partial charge is 0.399 e. The van der Waals surface area contributed by atoms with Gasteiger partial charge in [0.1, 0.15) is 6.61 Å². The lowest BCUT2D eigenvalue weighted by atomic mass is 10.2. The highest BCUT2D eigenvalue weighted by Gasteiger charge is 2.05. The minimum atomic E-state index is -2.46.